The van der Waals surface area contributed by atoms with E-state index in [4.69, 9.17) is 14.6 Å². The second-order valence-electron chi connectivity index (χ2n) is 9.35. The molecule has 2 aromatic carbocycles. The van der Waals surface area contributed by atoms with E-state index in [0.29, 0.717) is 34.8 Å². The van der Waals surface area contributed by atoms with Crippen LogP contribution in [-0.2, 0) is 17.1 Å². The topological polar surface area (TPSA) is 85.7 Å². The second-order valence-corrected chi connectivity index (χ2v) is 11.1. The van der Waals surface area contributed by atoms with Crippen molar-refractivity contribution < 1.29 is 17.9 Å². The summed E-state index contributed by atoms with van der Waals surface area (Å²) >= 11 is 0. The highest BCUT2D eigenvalue weighted by molar-refractivity contribution is 7.89. The first-order valence-electron chi connectivity index (χ1n) is 11.9. The fraction of sp³-hybridized carbons (Fsp3) is 0.423. The molecule has 6 rings (SSSR count). The van der Waals surface area contributed by atoms with Gasteiger partial charge in [-0.2, -0.15) is 5.10 Å². The number of aromatic nitrogens is 2. The SMILES string of the molecule is COc1ccc(-c2cc([C@H]3CN4CC[C@H]3C[C@@H]4CNS(=O)(=O)c3ccccc3)n(C)n2)cc1OC. The van der Waals surface area contributed by atoms with Crippen LogP contribution in [0.5, 0.6) is 11.5 Å². The van der Waals surface area contributed by atoms with Crippen LogP contribution in [0.1, 0.15) is 24.5 Å². The summed E-state index contributed by atoms with van der Waals surface area (Å²) in [7, 11) is 1.77. The maximum Gasteiger partial charge on any atom is 0.240 e. The van der Waals surface area contributed by atoms with Crippen molar-refractivity contribution in [3.05, 3.63) is 60.3 Å². The number of nitrogens with one attached hydrogen (secondary N) is 1. The Hall–Kier alpha value is -2.88. The zero-order valence-corrected chi connectivity index (χ0v) is 21.2. The van der Waals surface area contributed by atoms with Crippen molar-refractivity contribution in [2.75, 3.05) is 33.9 Å². The van der Waals surface area contributed by atoms with Crippen LogP contribution in [-0.4, -0.2) is 63.0 Å². The highest BCUT2D eigenvalue weighted by atomic mass is 32.2. The maximum absolute atomic E-state index is 12.7. The summed E-state index contributed by atoms with van der Waals surface area (Å²) in [5, 5.41) is 4.80. The number of methoxy groups -OCH3 is 2. The molecule has 0 radical (unpaired) electrons. The first-order valence-corrected chi connectivity index (χ1v) is 13.4. The lowest BCUT2D eigenvalue weighted by atomic mass is 9.74. The van der Waals surface area contributed by atoms with Crippen molar-refractivity contribution in [2.45, 2.75) is 29.7 Å². The van der Waals surface area contributed by atoms with Crippen LogP contribution in [0.3, 0.4) is 0 Å². The van der Waals surface area contributed by atoms with Crippen LogP contribution in [0.15, 0.2) is 59.5 Å². The number of piperidine rings is 3. The molecule has 4 atom stereocenters. The van der Waals surface area contributed by atoms with Gasteiger partial charge in [0.1, 0.15) is 0 Å². The molecular weight excluding hydrogens is 464 g/mol. The lowest BCUT2D eigenvalue weighted by Crippen LogP contribution is -2.56. The van der Waals surface area contributed by atoms with Crippen LogP contribution in [0.2, 0.25) is 0 Å². The Morgan fingerprint density at radius 3 is 2.51 bits per heavy atom. The molecule has 2 bridgehead atoms. The van der Waals surface area contributed by atoms with Gasteiger partial charge in [-0.15, -0.1) is 0 Å². The molecular formula is C26H32N4O4S. The van der Waals surface area contributed by atoms with E-state index < -0.39 is 10.0 Å². The first-order chi connectivity index (χ1) is 16.9. The number of sulfonamides is 1. The van der Waals surface area contributed by atoms with Gasteiger partial charge in [0.25, 0.3) is 0 Å². The summed E-state index contributed by atoms with van der Waals surface area (Å²) in [5.41, 5.74) is 3.11. The maximum atomic E-state index is 12.7. The number of aryl methyl sites for hydroxylation is 1. The number of nitrogens with zero attached hydrogens (tertiary/aromatic N) is 3. The lowest BCUT2D eigenvalue weighted by molar-refractivity contribution is 0.0306. The van der Waals surface area contributed by atoms with Crippen LogP contribution < -0.4 is 14.2 Å². The number of benzene rings is 2. The minimum absolute atomic E-state index is 0.210. The largest absolute Gasteiger partial charge is 0.493 e. The highest BCUT2D eigenvalue weighted by Crippen LogP contribution is 2.42. The number of fused-ring (bicyclic) bond motifs is 3. The predicted octanol–water partition coefficient (Wildman–Crippen LogP) is 3.26. The second kappa shape index (κ2) is 9.64. The molecule has 3 fully saturated rings. The number of hydrogen-bond acceptors (Lipinski definition) is 6. The molecule has 8 nitrogen and oxygen atoms in total. The van der Waals surface area contributed by atoms with Crippen LogP contribution in [0.25, 0.3) is 11.3 Å². The molecule has 0 amide bonds. The van der Waals surface area contributed by atoms with Gasteiger partial charge in [-0.3, -0.25) is 9.58 Å². The van der Waals surface area contributed by atoms with E-state index in [0.717, 1.165) is 37.2 Å². The van der Waals surface area contributed by atoms with Gasteiger partial charge in [0.2, 0.25) is 10.0 Å². The minimum Gasteiger partial charge on any atom is -0.493 e. The van der Waals surface area contributed by atoms with Crippen LogP contribution >= 0.6 is 0 Å². The van der Waals surface area contributed by atoms with E-state index in [1.807, 2.05) is 36.0 Å². The summed E-state index contributed by atoms with van der Waals surface area (Å²) in [6.07, 6.45) is 2.09. The number of ether oxygens (including phenoxy) is 2. The summed E-state index contributed by atoms with van der Waals surface area (Å²) < 4.78 is 41.0. The summed E-state index contributed by atoms with van der Waals surface area (Å²) in [5.74, 6) is 2.25. The van der Waals surface area contributed by atoms with Gasteiger partial charge in [0, 0.05) is 43.4 Å². The van der Waals surface area contributed by atoms with Gasteiger partial charge in [0.15, 0.2) is 11.5 Å². The molecule has 1 N–H and O–H groups in total. The monoisotopic (exact) mass is 496 g/mol. The van der Waals surface area contributed by atoms with Crippen molar-refractivity contribution in [1.82, 2.24) is 19.4 Å². The highest BCUT2D eigenvalue weighted by Gasteiger charge is 2.42. The molecule has 186 valence electrons. The zero-order chi connectivity index (χ0) is 24.6. The Labute approximate surface area is 206 Å². The molecule has 3 aliphatic heterocycles. The van der Waals surface area contributed by atoms with Crippen LogP contribution in [0.4, 0.5) is 0 Å². The number of hydrogen-bond donors (Lipinski definition) is 1. The van der Waals surface area contributed by atoms with Gasteiger partial charge >= 0.3 is 0 Å². The average Bonchev–Trinajstić information content (AvgIpc) is 3.29. The van der Waals surface area contributed by atoms with Gasteiger partial charge in [0.05, 0.1) is 24.8 Å². The van der Waals surface area contributed by atoms with Crippen molar-refractivity contribution >= 4 is 10.0 Å². The van der Waals surface area contributed by atoms with E-state index in [1.165, 1.54) is 5.69 Å². The van der Waals surface area contributed by atoms with E-state index in [9.17, 15) is 8.42 Å². The smallest absolute Gasteiger partial charge is 0.240 e. The third-order valence-electron chi connectivity index (χ3n) is 7.42. The first kappa shape index (κ1) is 23.8. The normalized spacial score (nSPS) is 23.9. The third-order valence-corrected chi connectivity index (χ3v) is 8.86. The molecule has 1 unspecified atom stereocenters. The molecule has 3 aromatic rings. The molecule has 4 heterocycles. The molecule has 9 heteroatoms. The van der Waals surface area contributed by atoms with Gasteiger partial charge < -0.3 is 9.47 Å². The van der Waals surface area contributed by atoms with Gasteiger partial charge in [-0.05, 0) is 61.7 Å². The van der Waals surface area contributed by atoms with Gasteiger partial charge in [-0.25, -0.2) is 13.1 Å². The van der Waals surface area contributed by atoms with Crippen molar-refractivity contribution in [3.8, 4) is 22.8 Å². The summed E-state index contributed by atoms with van der Waals surface area (Å²) in [4.78, 5) is 2.74. The average molecular weight is 497 g/mol. The van der Waals surface area contributed by atoms with Crippen molar-refractivity contribution in [1.29, 1.82) is 0 Å². The molecule has 0 spiro atoms. The standard InChI is InChI=1S/C26H32N4O4S/c1-29-24(15-23(28-29)19-9-10-25(33-2)26(14-19)34-3)22-17-30-12-11-18(22)13-20(30)16-27-35(31,32)21-7-5-4-6-8-21/h4-10,14-15,18,20,22,27H,11-13,16-17H2,1-3H3/t18-,20+,22-/m0/s1. The quantitative estimate of drug-likeness (QED) is 0.515. The Morgan fingerprint density at radius 1 is 1.06 bits per heavy atom. The molecule has 3 aliphatic rings. The molecule has 35 heavy (non-hydrogen) atoms. The Kier molecular flexibility index (Phi) is 6.57. The zero-order valence-electron chi connectivity index (χ0n) is 20.3. The summed E-state index contributed by atoms with van der Waals surface area (Å²) in [6.45, 7) is 2.34. The minimum atomic E-state index is -3.50. The van der Waals surface area contributed by atoms with Crippen molar-refractivity contribution in [2.24, 2.45) is 13.0 Å². The van der Waals surface area contributed by atoms with Gasteiger partial charge in [-0.1, -0.05) is 18.2 Å². The van der Waals surface area contributed by atoms with Crippen LogP contribution in [0, 0.1) is 5.92 Å². The molecule has 1 aromatic heterocycles. The summed E-state index contributed by atoms with van der Waals surface area (Å²) in [6, 6.07) is 16.8. The Morgan fingerprint density at radius 2 is 1.83 bits per heavy atom. The molecule has 3 saturated heterocycles. The third kappa shape index (κ3) is 4.68. The van der Waals surface area contributed by atoms with E-state index in [1.54, 1.807) is 38.5 Å². The molecule has 0 saturated carbocycles. The fourth-order valence-electron chi connectivity index (χ4n) is 5.54. The predicted molar refractivity (Wildman–Crippen MR) is 134 cm³/mol. The van der Waals surface area contributed by atoms with E-state index in [-0.39, 0.29) is 6.04 Å². The van der Waals surface area contributed by atoms with E-state index in [2.05, 4.69) is 15.7 Å². The fourth-order valence-corrected chi connectivity index (χ4v) is 6.63. The van der Waals surface area contributed by atoms with Crippen molar-refractivity contribution in [3.63, 3.8) is 0 Å². The number of rotatable bonds is 8. The Bertz CT molecular complexity index is 1290. The lowest BCUT2D eigenvalue weighted by Gasteiger charge is -2.49. The Balaban J connectivity index is 1.29. The molecule has 0 aliphatic carbocycles. The van der Waals surface area contributed by atoms with E-state index >= 15 is 0 Å².